The first kappa shape index (κ1) is 5.48. The highest BCUT2D eigenvalue weighted by Gasteiger charge is 1.73. The van der Waals surface area contributed by atoms with Crippen molar-refractivity contribution in [1.82, 2.24) is 0 Å². The van der Waals surface area contributed by atoms with E-state index in [9.17, 15) is 0 Å². The zero-order chi connectivity index (χ0) is 4.99. The molecule has 0 N–H and O–H groups in total. The summed E-state index contributed by atoms with van der Waals surface area (Å²) >= 11 is 0. The van der Waals surface area contributed by atoms with E-state index >= 15 is 0 Å². The molecule has 0 unspecified atom stereocenters. The molecule has 1 radical (unpaired) electrons. The number of hydrogen-bond acceptors (Lipinski definition) is 0. The van der Waals surface area contributed by atoms with Crippen molar-refractivity contribution in [3.63, 3.8) is 0 Å². The summed E-state index contributed by atoms with van der Waals surface area (Å²) in [5.41, 5.74) is 0.856. The van der Waals surface area contributed by atoms with Crippen LogP contribution in [0.25, 0.3) is 0 Å². The van der Waals surface area contributed by atoms with E-state index in [0.29, 0.717) is 0 Å². The molecule has 0 aromatic carbocycles. The minimum Gasteiger partial charge on any atom is -0.0988 e. The fraction of sp³-hybridized carbons (Fsp3) is 0.333. The largest absolute Gasteiger partial charge is 0.0988 e. The van der Waals surface area contributed by atoms with Crippen molar-refractivity contribution in [2.24, 2.45) is 0 Å². The van der Waals surface area contributed by atoms with E-state index in [0.717, 1.165) is 12.0 Å². The molecule has 0 nitrogen and oxygen atoms in total. The van der Waals surface area contributed by atoms with Crippen LogP contribution in [0.15, 0.2) is 18.2 Å². The molecule has 0 aromatic rings. The summed E-state index contributed by atoms with van der Waals surface area (Å²) in [7, 11) is 0. The first-order valence-corrected chi connectivity index (χ1v) is 2.05. The van der Waals surface area contributed by atoms with Gasteiger partial charge < -0.3 is 0 Å². The van der Waals surface area contributed by atoms with Gasteiger partial charge in [0.05, 0.1) is 0 Å². The minimum absolute atomic E-state index is 0.856. The van der Waals surface area contributed by atoms with Gasteiger partial charge in [-0.25, -0.2) is 0 Å². The van der Waals surface area contributed by atoms with Crippen molar-refractivity contribution in [1.29, 1.82) is 0 Å². The molecule has 0 aromatic heterocycles. The van der Waals surface area contributed by atoms with Crippen LogP contribution in [0, 0.1) is 6.58 Å². The van der Waals surface area contributed by atoms with Gasteiger partial charge in [0.25, 0.3) is 0 Å². The van der Waals surface area contributed by atoms with Crippen molar-refractivity contribution in [2.75, 3.05) is 0 Å². The van der Waals surface area contributed by atoms with Crippen molar-refractivity contribution < 1.29 is 0 Å². The van der Waals surface area contributed by atoms with E-state index in [4.69, 9.17) is 6.58 Å². The van der Waals surface area contributed by atoms with Crippen LogP contribution in [0.1, 0.15) is 13.3 Å². The lowest BCUT2D eigenvalue weighted by Gasteiger charge is -1.83. The third-order valence-corrected chi connectivity index (χ3v) is 0.670. The van der Waals surface area contributed by atoms with Gasteiger partial charge in [-0.2, -0.15) is 0 Å². The quantitative estimate of drug-likeness (QED) is 0.445. The maximum Gasteiger partial charge on any atom is -0.0308 e. The van der Waals surface area contributed by atoms with Crippen LogP contribution in [0.3, 0.4) is 0 Å². The molecular formula is C6H9. The number of rotatable bonds is 2. The van der Waals surface area contributed by atoms with Gasteiger partial charge in [-0.05, 0) is 12.0 Å². The Balaban J connectivity index is 3.23. The van der Waals surface area contributed by atoms with Crippen molar-refractivity contribution in [3.05, 3.63) is 24.8 Å². The van der Waals surface area contributed by atoms with Crippen LogP contribution in [0.4, 0.5) is 0 Å². The van der Waals surface area contributed by atoms with Gasteiger partial charge in [-0.1, -0.05) is 26.2 Å². The normalized spacial score (nSPS) is 7.50. The second-order valence-electron chi connectivity index (χ2n) is 1.13. The van der Waals surface area contributed by atoms with Gasteiger partial charge >= 0.3 is 0 Å². The van der Waals surface area contributed by atoms with Crippen molar-refractivity contribution in [2.45, 2.75) is 13.3 Å². The molecule has 0 heteroatoms. The smallest absolute Gasteiger partial charge is 0.0308 e. The van der Waals surface area contributed by atoms with Gasteiger partial charge in [0.1, 0.15) is 0 Å². The third kappa shape index (κ3) is 1.77. The van der Waals surface area contributed by atoms with E-state index in [1.54, 1.807) is 6.08 Å². The first-order chi connectivity index (χ1) is 2.81. The summed E-state index contributed by atoms with van der Waals surface area (Å²) in [4.78, 5) is 0. The Morgan fingerprint density at radius 3 is 2.50 bits per heavy atom. The van der Waals surface area contributed by atoms with Gasteiger partial charge in [0.2, 0.25) is 0 Å². The highest BCUT2D eigenvalue weighted by Crippen LogP contribution is 1.92. The van der Waals surface area contributed by atoms with Crippen LogP contribution in [-0.4, -0.2) is 0 Å². The summed E-state index contributed by atoms with van der Waals surface area (Å²) in [5, 5.41) is 0. The Morgan fingerprint density at radius 2 is 2.50 bits per heavy atom. The molecule has 0 heterocycles. The average molecular weight is 81.1 g/mol. The number of allylic oxidation sites excluding steroid dienone is 2. The van der Waals surface area contributed by atoms with Crippen molar-refractivity contribution in [3.8, 4) is 0 Å². The van der Waals surface area contributed by atoms with Crippen LogP contribution in [0.2, 0.25) is 0 Å². The predicted octanol–water partition coefficient (Wildman–Crippen LogP) is 1.94. The molecule has 0 amide bonds. The van der Waals surface area contributed by atoms with Gasteiger partial charge in [0, 0.05) is 0 Å². The first-order valence-electron chi connectivity index (χ1n) is 2.05. The monoisotopic (exact) mass is 81.1 g/mol. The molecule has 0 spiro atoms. The molecule has 0 saturated carbocycles. The second-order valence-corrected chi connectivity index (χ2v) is 1.13. The maximum atomic E-state index is 5.27. The molecule has 0 atom stereocenters. The van der Waals surface area contributed by atoms with Gasteiger partial charge in [0.15, 0.2) is 0 Å². The molecule has 0 fully saturated rings. The van der Waals surface area contributed by atoms with E-state index < -0.39 is 0 Å². The molecule has 0 saturated heterocycles. The lowest BCUT2D eigenvalue weighted by molar-refractivity contribution is 1.16. The van der Waals surface area contributed by atoms with E-state index in [2.05, 4.69) is 6.58 Å². The lowest BCUT2D eigenvalue weighted by Crippen LogP contribution is -1.63. The second kappa shape index (κ2) is 2.70. The highest BCUT2D eigenvalue weighted by molar-refractivity contribution is 5.07. The maximum absolute atomic E-state index is 5.27. The molecule has 0 rings (SSSR count). The fourth-order valence-corrected chi connectivity index (χ4v) is 0.144. The summed E-state index contributed by atoms with van der Waals surface area (Å²) < 4.78 is 0. The lowest BCUT2D eigenvalue weighted by atomic mass is 10.2. The minimum atomic E-state index is 0.856. The van der Waals surface area contributed by atoms with Gasteiger partial charge in [-0.3, -0.25) is 0 Å². The average Bonchev–Trinajstić information content (AvgIpc) is 1.65. The molecule has 0 aliphatic carbocycles. The van der Waals surface area contributed by atoms with Gasteiger partial charge in [-0.15, -0.1) is 0 Å². The number of hydrogen-bond donors (Lipinski definition) is 0. The topological polar surface area (TPSA) is 0 Å². The van der Waals surface area contributed by atoms with E-state index in [-0.39, 0.29) is 0 Å². The molecule has 0 aliphatic heterocycles. The Labute approximate surface area is 39.2 Å². The Kier molecular flexibility index (Phi) is 2.47. The van der Waals surface area contributed by atoms with Crippen LogP contribution in [0.5, 0.6) is 0 Å². The molecule has 6 heavy (non-hydrogen) atoms. The van der Waals surface area contributed by atoms with E-state index in [1.807, 2.05) is 6.92 Å². The third-order valence-electron chi connectivity index (χ3n) is 0.670. The van der Waals surface area contributed by atoms with Crippen LogP contribution < -0.4 is 0 Å². The van der Waals surface area contributed by atoms with E-state index in [1.165, 1.54) is 0 Å². The summed E-state index contributed by atoms with van der Waals surface area (Å²) in [6.45, 7) is 10.7. The van der Waals surface area contributed by atoms with Crippen LogP contribution >= 0.6 is 0 Å². The summed E-state index contributed by atoms with van der Waals surface area (Å²) in [5.74, 6) is 0. The molecule has 33 valence electrons. The van der Waals surface area contributed by atoms with Crippen molar-refractivity contribution >= 4 is 0 Å². The summed E-state index contributed by atoms with van der Waals surface area (Å²) in [6.07, 6.45) is 2.57. The molecule has 0 aliphatic rings. The Morgan fingerprint density at radius 1 is 2.00 bits per heavy atom. The van der Waals surface area contributed by atoms with Crippen LogP contribution in [-0.2, 0) is 0 Å². The highest BCUT2D eigenvalue weighted by atomic mass is 13.8. The standard InChI is InChI=1S/C6H9/c1-4-6(3)5-2/h3-4H,1,5H2,2H3. The predicted molar refractivity (Wildman–Crippen MR) is 28.3 cm³/mol. The molecule has 0 bridgehead atoms. The zero-order valence-corrected chi connectivity index (χ0v) is 4.07. The fourth-order valence-electron chi connectivity index (χ4n) is 0.144. The Hall–Kier alpha value is -0.520. The SMILES string of the molecule is [CH]=C(C=C)CC. The molecular weight excluding hydrogens is 72.1 g/mol. The Bertz CT molecular complexity index is 60.4. The zero-order valence-electron chi connectivity index (χ0n) is 4.07. The summed E-state index contributed by atoms with van der Waals surface area (Å²) in [6, 6.07) is 0.